The molecule has 0 aromatic carbocycles. The molecule has 1 aliphatic rings. The molecular formula is C15H26F3N2O8S-. The molecule has 0 spiro atoms. The van der Waals surface area contributed by atoms with E-state index in [1.807, 2.05) is 43.1 Å². The predicted molar refractivity (Wildman–Crippen MR) is 93.8 cm³/mol. The van der Waals surface area contributed by atoms with Crippen LogP contribution in [0.5, 0.6) is 0 Å². The Bertz CT molecular complexity index is 638. The van der Waals surface area contributed by atoms with E-state index in [0.717, 1.165) is 6.67 Å². The van der Waals surface area contributed by atoms with E-state index in [1.165, 1.54) is 6.92 Å². The Hall–Kier alpha value is -2.06. The van der Waals surface area contributed by atoms with Gasteiger partial charge in [0.25, 0.3) is 0 Å². The van der Waals surface area contributed by atoms with Gasteiger partial charge >= 0.3 is 17.4 Å². The minimum absolute atomic E-state index is 0.164. The van der Waals surface area contributed by atoms with Crippen LogP contribution in [0.3, 0.4) is 0 Å². The monoisotopic (exact) mass is 451 g/mol. The number of hydrogen-bond acceptors (Lipinski definition) is 10. The number of carbonyl (C=O) groups excluding carboxylic acids is 2. The van der Waals surface area contributed by atoms with Crippen LogP contribution in [0, 0.1) is 0 Å². The van der Waals surface area contributed by atoms with E-state index in [-0.39, 0.29) is 12.0 Å². The number of halogens is 3. The van der Waals surface area contributed by atoms with Crippen LogP contribution in [0.25, 0.3) is 0 Å². The molecule has 1 heterocycles. The Morgan fingerprint density at radius 2 is 1.55 bits per heavy atom. The van der Waals surface area contributed by atoms with Gasteiger partial charge in [-0.25, -0.2) is 18.0 Å². The molecule has 29 heavy (non-hydrogen) atoms. The first-order valence-electron chi connectivity index (χ1n) is 8.26. The maximum Gasteiger partial charge on any atom is 0.485 e. The quantitative estimate of drug-likeness (QED) is 0.359. The van der Waals surface area contributed by atoms with Gasteiger partial charge in [0.15, 0.2) is 10.1 Å². The van der Waals surface area contributed by atoms with Crippen LogP contribution >= 0.6 is 0 Å². The molecule has 0 saturated carbocycles. The summed E-state index contributed by atoms with van der Waals surface area (Å²) < 4.78 is 68.2. The summed E-state index contributed by atoms with van der Waals surface area (Å²) in [5.74, 6) is -0.727. The lowest BCUT2D eigenvalue weighted by Gasteiger charge is -2.23. The van der Waals surface area contributed by atoms with E-state index in [2.05, 4.69) is 4.74 Å². The molecule has 0 aromatic heterocycles. The number of esters is 2. The normalized spacial score (nSPS) is 15.4. The maximum atomic E-state index is 11.3. The molecule has 1 N–H and O–H groups in total. The van der Waals surface area contributed by atoms with Gasteiger partial charge in [-0.15, -0.1) is 0 Å². The molecule has 172 valence electrons. The van der Waals surface area contributed by atoms with Crippen molar-refractivity contribution in [2.45, 2.75) is 45.3 Å². The Kier molecular flexibility index (Phi) is 13.3. The molecule has 0 aromatic rings. The number of ether oxygens (including phenoxy) is 2. The Balaban J connectivity index is 0. The number of hydrogen-bond donors (Lipinski definition) is 1. The van der Waals surface area contributed by atoms with E-state index < -0.39 is 27.7 Å². The highest BCUT2D eigenvalue weighted by atomic mass is 32.2. The van der Waals surface area contributed by atoms with Crippen molar-refractivity contribution < 1.29 is 50.3 Å². The zero-order chi connectivity index (χ0) is 23.4. The lowest BCUT2D eigenvalue weighted by Crippen LogP contribution is -2.37. The molecule has 0 radical (unpaired) electrons. The molecule has 2 atom stereocenters. The second-order valence-electron chi connectivity index (χ2n) is 5.47. The van der Waals surface area contributed by atoms with Gasteiger partial charge in [0, 0.05) is 19.4 Å². The van der Waals surface area contributed by atoms with Crippen LogP contribution in [0.2, 0.25) is 0 Å². The van der Waals surface area contributed by atoms with Gasteiger partial charge in [-0.1, -0.05) is 0 Å². The predicted octanol–water partition coefficient (Wildman–Crippen LogP) is 0.596. The Morgan fingerprint density at radius 3 is 1.79 bits per heavy atom. The van der Waals surface area contributed by atoms with Crippen molar-refractivity contribution in [3.05, 3.63) is 12.4 Å². The van der Waals surface area contributed by atoms with E-state index in [4.69, 9.17) is 22.8 Å². The Labute approximate surface area is 167 Å². The molecule has 10 nitrogen and oxygen atoms in total. The summed E-state index contributed by atoms with van der Waals surface area (Å²) in [6.07, 6.45) is 2.85. The van der Waals surface area contributed by atoms with Gasteiger partial charge in [-0.05, 0) is 27.7 Å². The maximum absolute atomic E-state index is 11.3. The SMILES string of the molecule is CCOC(=O)[C@@H](C)N1C=CN(C)C1.CCOC(=O)[C@H](C)O.O=S(=O)([O-])C(F)(F)F. The average Bonchev–Trinajstić information content (AvgIpc) is 3.00. The highest BCUT2D eigenvalue weighted by Gasteiger charge is 2.36. The van der Waals surface area contributed by atoms with Gasteiger partial charge in [0.05, 0.1) is 19.9 Å². The molecule has 1 rings (SSSR count). The van der Waals surface area contributed by atoms with E-state index in [0.29, 0.717) is 13.2 Å². The second kappa shape index (κ2) is 13.2. The lowest BCUT2D eigenvalue weighted by molar-refractivity contribution is -0.152. The summed E-state index contributed by atoms with van der Waals surface area (Å²) in [4.78, 5) is 25.5. The van der Waals surface area contributed by atoms with Crippen molar-refractivity contribution in [3.63, 3.8) is 0 Å². The van der Waals surface area contributed by atoms with Crippen molar-refractivity contribution in [3.8, 4) is 0 Å². The van der Waals surface area contributed by atoms with Gasteiger partial charge in [-0.3, -0.25) is 0 Å². The molecule has 0 bridgehead atoms. The molecule has 0 saturated heterocycles. The van der Waals surface area contributed by atoms with E-state index in [9.17, 15) is 22.8 Å². The molecule has 0 aliphatic carbocycles. The van der Waals surface area contributed by atoms with Crippen molar-refractivity contribution in [2.75, 3.05) is 26.9 Å². The van der Waals surface area contributed by atoms with Gasteiger partial charge in [0.2, 0.25) is 0 Å². The standard InChI is InChI=1S/C9H16N2O2.C5H10O3.CHF3O3S/c1-4-13-9(12)8(2)11-6-5-10(3)7-11;1-3-8-5(7)4(2)6;2-1(3,4)8(5,6)7/h5-6,8H,4,7H2,1-3H3;4,6H,3H2,1-2H3;(H,5,6,7)/p-1/t8-;4-;/m10./s1. The van der Waals surface area contributed by atoms with Crippen LogP contribution in [-0.2, 0) is 29.2 Å². The number of carbonyl (C=O) groups is 2. The topological polar surface area (TPSA) is 137 Å². The van der Waals surface area contributed by atoms with E-state index in [1.54, 1.807) is 6.92 Å². The fourth-order valence-electron chi connectivity index (χ4n) is 1.46. The summed E-state index contributed by atoms with van der Waals surface area (Å²) in [5.41, 5.74) is -5.65. The zero-order valence-electron chi connectivity index (χ0n) is 16.7. The largest absolute Gasteiger partial charge is 0.741 e. The first-order valence-corrected chi connectivity index (χ1v) is 9.67. The smallest absolute Gasteiger partial charge is 0.485 e. The third kappa shape index (κ3) is 12.9. The number of aliphatic hydroxyl groups is 1. The van der Waals surface area contributed by atoms with Gasteiger partial charge in [0.1, 0.15) is 12.1 Å². The highest BCUT2D eigenvalue weighted by Crippen LogP contribution is 2.20. The number of nitrogens with zero attached hydrogens (tertiary/aromatic N) is 2. The van der Waals surface area contributed by atoms with Crippen LogP contribution < -0.4 is 0 Å². The molecule has 1 aliphatic heterocycles. The van der Waals surface area contributed by atoms with Crippen molar-refractivity contribution >= 4 is 22.1 Å². The first-order chi connectivity index (χ1) is 13.1. The molecular weight excluding hydrogens is 425 g/mol. The number of rotatable bonds is 5. The van der Waals surface area contributed by atoms with Crippen LogP contribution in [-0.4, -0.2) is 84.4 Å². The first kappa shape index (κ1) is 29.1. The van der Waals surface area contributed by atoms with E-state index >= 15 is 0 Å². The van der Waals surface area contributed by atoms with Crippen LogP contribution in [0.1, 0.15) is 27.7 Å². The summed E-state index contributed by atoms with van der Waals surface area (Å²) >= 11 is 0. The number of alkyl halides is 3. The highest BCUT2D eigenvalue weighted by molar-refractivity contribution is 7.86. The molecule has 0 fully saturated rings. The summed E-state index contributed by atoms with van der Waals surface area (Å²) in [6.45, 7) is 8.25. The minimum Gasteiger partial charge on any atom is -0.741 e. The lowest BCUT2D eigenvalue weighted by atomic mass is 10.3. The third-order valence-corrected chi connectivity index (χ3v) is 3.50. The molecule has 14 heteroatoms. The second-order valence-corrected chi connectivity index (χ2v) is 6.84. The Morgan fingerprint density at radius 1 is 1.14 bits per heavy atom. The summed E-state index contributed by atoms with van der Waals surface area (Å²) in [6, 6.07) is -0.193. The van der Waals surface area contributed by atoms with Crippen molar-refractivity contribution in [1.29, 1.82) is 0 Å². The van der Waals surface area contributed by atoms with Crippen molar-refractivity contribution in [1.82, 2.24) is 9.80 Å². The average molecular weight is 451 g/mol. The van der Waals surface area contributed by atoms with Crippen molar-refractivity contribution in [2.24, 2.45) is 0 Å². The fourth-order valence-corrected chi connectivity index (χ4v) is 1.46. The van der Waals surface area contributed by atoms with Crippen LogP contribution in [0.15, 0.2) is 12.4 Å². The molecule has 0 unspecified atom stereocenters. The summed E-state index contributed by atoms with van der Waals surface area (Å²) in [7, 11) is -4.12. The van der Waals surface area contributed by atoms with Gasteiger partial charge < -0.3 is 28.9 Å². The number of aliphatic hydroxyl groups excluding tert-OH is 1. The van der Waals surface area contributed by atoms with Crippen LogP contribution in [0.4, 0.5) is 13.2 Å². The molecule has 0 amide bonds. The zero-order valence-corrected chi connectivity index (χ0v) is 17.5. The minimum atomic E-state index is -6.09. The fraction of sp³-hybridized carbons (Fsp3) is 0.733. The van der Waals surface area contributed by atoms with Gasteiger partial charge in [-0.2, -0.15) is 13.2 Å². The third-order valence-electron chi connectivity index (χ3n) is 2.94. The summed E-state index contributed by atoms with van der Waals surface area (Å²) in [5, 5.41) is 8.48.